The van der Waals surface area contributed by atoms with Gasteiger partial charge in [0, 0.05) is 34.0 Å². The van der Waals surface area contributed by atoms with Crippen LogP contribution in [0.1, 0.15) is 5.56 Å². The van der Waals surface area contributed by atoms with Crippen molar-refractivity contribution in [2.45, 2.75) is 5.16 Å². The van der Waals surface area contributed by atoms with Crippen LogP contribution in [-0.2, 0) is 4.79 Å². The van der Waals surface area contributed by atoms with Gasteiger partial charge in [0.05, 0.1) is 16.9 Å². The summed E-state index contributed by atoms with van der Waals surface area (Å²) < 4.78 is 1.89. The zero-order chi connectivity index (χ0) is 23.9. The zero-order valence-corrected chi connectivity index (χ0v) is 19.1. The van der Waals surface area contributed by atoms with Crippen LogP contribution in [0.3, 0.4) is 0 Å². The van der Waals surface area contributed by atoms with Crippen molar-refractivity contribution in [1.82, 2.24) is 20.2 Å². The molecule has 3 aromatic carbocycles. The van der Waals surface area contributed by atoms with Gasteiger partial charge in [-0.1, -0.05) is 71.9 Å². The number of para-hydroxylation sites is 1. The summed E-state index contributed by atoms with van der Waals surface area (Å²) in [7, 11) is 0. The van der Waals surface area contributed by atoms with E-state index >= 15 is 0 Å². The van der Waals surface area contributed by atoms with Crippen LogP contribution in [0.4, 0.5) is 5.69 Å². The lowest BCUT2D eigenvalue weighted by molar-refractivity contribution is -0.384. The number of rotatable bonds is 8. The van der Waals surface area contributed by atoms with Crippen molar-refractivity contribution in [1.29, 1.82) is 0 Å². The Morgan fingerprint density at radius 2 is 1.79 bits per heavy atom. The fraction of sp³-hybridized carbons (Fsp3) is 0.0435. The maximum absolute atomic E-state index is 12.3. The molecule has 1 N–H and O–H groups in total. The lowest BCUT2D eigenvalue weighted by atomic mass is 10.2. The van der Waals surface area contributed by atoms with Crippen molar-refractivity contribution in [3.63, 3.8) is 0 Å². The number of amides is 1. The molecule has 0 atom stereocenters. The summed E-state index contributed by atoms with van der Waals surface area (Å²) in [6.07, 6.45) is 1.26. The van der Waals surface area contributed by atoms with Crippen LogP contribution in [0, 0.1) is 10.1 Å². The van der Waals surface area contributed by atoms with Gasteiger partial charge in [0.25, 0.3) is 11.6 Å². The van der Waals surface area contributed by atoms with Crippen LogP contribution < -0.4 is 5.43 Å². The lowest BCUT2D eigenvalue weighted by Gasteiger charge is -2.10. The highest BCUT2D eigenvalue weighted by Gasteiger charge is 2.17. The number of nitrogens with one attached hydrogen (secondary N) is 1. The molecule has 1 amide bonds. The highest BCUT2D eigenvalue weighted by Crippen LogP contribution is 2.27. The Hall–Kier alpha value is -4.02. The normalized spacial score (nSPS) is 11.0. The molecule has 170 valence electrons. The molecule has 0 aliphatic rings. The Balaban J connectivity index is 1.47. The number of hydrogen-bond acceptors (Lipinski definition) is 7. The molecule has 34 heavy (non-hydrogen) atoms. The average molecular weight is 493 g/mol. The lowest BCUT2D eigenvalue weighted by Crippen LogP contribution is -2.20. The van der Waals surface area contributed by atoms with E-state index in [0.717, 1.165) is 11.3 Å². The second-order valence-electron chi connectivity index (χ2n) is 6.89. The molecule has 0 aliphatic heterocycles. The van der Waals surface area contributed by atoms with E-state index in [2.05, 4.69) is 20.7 Å². The van der Waals surface area contributed by atoms with Gasteiger partial charge in [-0.2, -0.15) is 5.10 Å². The van der Waals surface area contributed by atoms with Crippen molar-refractivity contribution in [3.8, 4) is 17.1 Å². The number of carbonyl (C=O) groups is 1. The van der Waals surface area contributed by atoms with Crippen LogP contribution in [0.5, 0.6) is 0 Å². The molecular formula is C23H17ClN6O3S. The van der Waals surface area contributed by atoms with Gasteiger partial charge in [-0.25, -0.2) is 5.43 Å². The number of nitrogens with zero attached hydrogens (tertiary/aromatic N) is 5. The molecule has 0 saturated heterocycles. The molecule has 0 radical (unpaired) electrons. The molecule has 1 heterocycles. The monoisotopic (exact) mass is 492 g/mol. The number of aromatic nitrogens is 3. The van der Waals surface area contributed by atoms with Gasteiger partial charge in [-0.3, -0.25) is 19.5 Å². The molecule has 4 rings (SSSR count). The van der Waals surface area contributed by atoms with E-state index in [1.165, 1.54) is 36.2 Å². The quantitative estimate of drug-likeness (QED) is 0.164. The number of hydrazone groups is 1. The maximum Gasteiger partial charge on any atom is 0.270 e. The maximum atomic E-state index is 12.3. The largest absolute Gasteiger partial charge is 0.272 e. The van der Waals surface area contributed by atoms with E-state index in [9.17, 15) is 14.9 Å². The first-order chi connectivity index (χ1) is 16.5. The highest BCUT2D eigenvalue weighted by molar-refractivity contribution is 7.99. The zero-order valence-electron chi connectivity index (χ0n) is 17.5. The van der Waals surface area contributed by atoms with E-state index < -0.39 is 4.92 Å². The van der Waals surface area contributed by atoms with E-state index in [0.29, 0.717) is 16.5 Å². The Morgan fingerprint density at radius 1 is 1.09 bits per heavy atom. The molecule has 9 nitrogen and oxygen atoms in total. The topological polar surface area (TPSA) is 115 Å². The first-order valence-electron chi connectivity index (χ1n) is 9.98. The number of benzene rings is 3. The Labute approximate surface area is 203 Å². The molecule has 0 saturated carbocycles. The minimum Gasteiger partial charge on any atom is -0.272 e. The van der Waals surface area contributed by atoms with Gasteiger partial charge >= 0.3 is 0 Å². The molecule has 0 spiro atoms. The first-order valence-corrected chi connectivity index (χ1v) is 11.3. The fourth-order valence-corrected chi connectivity index (χ4v) is 3.94. The van der Waals surface area contributed by atoms with Crippen molar-refractivity contribution < 1.29 is 9.72 Å². The number of thioether (sulfide) groups is 1. The van der Waals surface area contributed by atoms with E-state index in [1.807, 2.05) is 65.2 Å². The first kappa shape index (κ1) is 23.1. The van der Waals surface area contributed by atoms with Crippen molar-refractivity contribution in [2.75, 3.05) is 5.75 Å². The Morgan fingerprint density at radius 3 is 2.50 bits per heavy atom. The summed E-state index contributed by atoms with van der Waals surface area (Å²) in [4.78, 5) is 22.7. The van der Waals surface area contributed by atoms with Crippen LogP contribution in [0.25, 0.3) is 17.1 Å². The van der Waals surface area contributed by atoms with Crippen LogP contribution in [-0.4, -0.2) is 37.6 Å². The molecule has 11 heteroatoms. The molecule has 0 fully saturated rings. The molecule has 4 aromatic rings. The summed E-state index contributed by atoms with van der Waals surface area (Å²) in [6, 6.07) is 23.3. The summed E-state index contributed by atoms with van der Waals surface area (Å²) in [6.45, 7) is 0. The van der Waals surface area contributed by atoms with Crippen molar-refractivity contribution in [3.05, 3.63) is 99.6 Å². The van der Waals surface area contributed by atoms with Gasteiger partial charge in [0.1, 0.15) is 0 Å². The van der Waals surface area contributed by atoms with E-state index in [-0.39, 0.29) is 22.4 Å². The minimum atomic E-state index is -0.532. The summed E-state index contributed by atoms with van der Waals surface area (Å²) in [5.41, 5.74) is 4.36. The van der Waals surface area contributed by atoms with Gasteiger partial charge < -0.3 is 0 Å². The average Bonchev–Trinajstić information content (AvgIpc) is 3.29. The van der Waals surface area contributed by atoms with E-state index in [4.69, 9.17) is 11.6 Å². The number of halogens is 1. The third kappa shape index (κ3) is 5.48. The fourth-order valence-electron chi connectivity index (χ4n) is 3.03. The second kappa shape index (κ2) is 10.7. The standard InChI is InChI=1S/C23H17ClN6O3S/c24-20-12-11-19(30(32)33)13-17(20)14-25-26-21(31)15-34-23-28-27-22(16-7-3-1-4-8-16)29(23)18-9-5-2-6-10-18/h1-14H,15H2,(H,26,31). The van der Waals surface area contributed by atoms with Crippen molar-refractivity contribution in [2.24, 2.45) is 5.10 Å². The molecular weight excluding hydrogens is 476 g/mol. The third-order valence-corrected chi connectivity index (χ3v) is 5.87. The predicted molar refractivity (Wildman–Crippen MR) is 131 cm³/mol. The van der Waals surface area contributed by atoms with Crippen LogP contribution in [0.15, 0.2) is 89.1 Å². The smallest absolute Gasteiger partial charge is 0.270 e. The molecule has 0 aliphatic carbocycles. The SMILES string of the molecule is O=C(CSc1nnc(-c2ccccc2)n1-c1ccccc1)NN=Cc1cc([N+](=O)[O-])ccc1Cl. The second-order valence-corrected chi connectivity index (χ2v) is 8.24. The molecule has 1 aromatic heterocycles. The van der Waals surface area contributed by atoms with Crippen molar-refractivity contribution >= 4 is 41.2 Å². The number of nitro benzene ring substituents is 1. The summed E-state index contributed by atoms with van der Waals surface area (Å²) >= 11 is 7.25. The van der Waals surface area contributed by atoms with Gasteiger partial charge in [0.15, 0.2) is 11.0 Å². The number of non-ortho nitro benzene ring substituents is 1. The Bertz CT molecular complexity index is 1350. The molecule has 0 bridgehead atoms. The molecule has 0 unspecified atom stereocenters. The number of nitro groups is 1. The number of carbonyl (C=O) groups excluding carboxylic acids is 1. The van der Waals surface area contributed by atoms with Gasteiger partial charge in [-0.15, -0.1) is 10.2 Å². The van der Waals surface area contributed by atoms with Gasteiger partial charge in [-0.05, 0) is 18.2 Å². The Kier molecular flexibility index (Phi) is 7.31. The third-order valence-electron chi connectivity index (χ3n) is 4.60. The highest BCUT2D eigenvalue weighted by atomic mass is 35.5. The predicted octanol–water partition coefficient (Wildman–Crippen LogP) is 4.74. The summed E-state index contributed by atoms with van der Waals surface area (Å²) in [5, 5.41) is 24.2. The summed E-state index contributed by atoms with van der Waals surface area (Å²) in [5.74, 6) is 0.305. The van der Waals surface area contributed by atoms with Gasteiger partial charge in [0.2, 0.25) is 0 Å². The van der Waals surface area contributed by atoms with Crippen LogP contribution in [0.2, 0.25) is 5.02 Å². The van der Waals surface area contributed by atoms with Crippen LogP contribution >= 0.6 is 23.4 Å². The number of hydrogen-bond donors (Lipinski definition) is 1. The van der Waals surface area contributed by atoms with E-state index in [1.54, 1.807) is 0 Å². The minimum absolute atomic E-state index is 0.0275.